The van der Waals surface area contributed by atoms with Gasteiger partial charge >= 0.3 is 0 Å². The third kappa shape index (κ3) is 6.30. The summed E-state index contributed by atoms with van der Waals surface area (Å²) in [5.41, 5.74) is 6.60. The largest absolute Gasteiger partial charge is 0.376 e. The molecule has 0 aliphatic heterocycles. The molecular formula is C62H44N2O2. The summed E-state index contributed by atoms with van der Waals surface area (Å²) in [7, 11) is 0. The van der Waals surface area contributed by atoms with Crippen molar-refractivity contribution in [3.05, 3.63) is 288 Å². The molecule has 11 aromatic carbocycles. The van der Waals surface area contributed by atoms with E-state index in [0.29, 0.717) is 33.4 Å². The second kappa shape index (κ2) is 15.8. The first-order chi connectivity index (χ1) is 32.5. The van der Waals surface area contributed by atoms with Crippen LogP contribution in [0, 0.1) is 0 Å². The SMILES string of the molecule is OC1(c2ccc(N(c3ccccc3)c3ccccc3)cc2)c2cc3ccccc3cc2C(O)(c2ccc(N(c3ccccc3)c3ccccc3)cc2)c2cc3c(ccc4ccccc43)cc21. The lowest BCUT2D eigenvalue weighted by molar-refractivity contribution is 0.0753. The number of anilines is 6. The van der Waals surface area contributed by atoms with Gasteiger partial charge in [0.15, 0.2) is 0 Å². The Morgan fingerprint density at radius 1 is 0.242 bits per heavy atom. The molecule has 4 nitrogen and oxygen atoms in total. The van der Waals surface area contributed by atoms with Crippen molar-refractivity contribution in [3.63, 3.8) is 0 Å². The molecule has 0 saturated carbocycles. The molecule has 1 aliphatic carbocycles. The van der Waals surface area contributed by atoms with Crippen molar-refractivity contribution in [3.8, 4) is 0 Å². The zero-order valence-electron chi connectivity index (χ0n) is 36.0. The monoisotopic (exact) mass is 848 g/mol. The zero-order valence-corrected chi connectivity index (χ0v) is 36.0. The summed E-state index contributed by atoms with van der Waals surface area (Å²) in [6, 6.07) is 87.2. The van der Waals surface area contributed by atoms with Gasteiger partial charge in [-0.3, -0.25) is 0 Å². The van der Waals surface area contributed by atoms with Crippen molar-refractivity contribution in [1.29, 1.82) is 0 Å². The Balaban J connectivity index is 1.10. The van der Waals surface area contributed by atoms with E-state index in [1.54, 1.807) is 0 Å². The minimum Gasteiger partial charge on any atom is -0.376 e. The predicted molar refractivity (Wildman–Crippen MR) is 272 cm³/mol. The first-order valence-electron chi connectivity index (χ1n) is 22.4. The first-order valence-corrected chi connectivity index (χ1v) is 22.4. The Labute approximate surface area is 384 Å². The van der Waals surface area contributed by atoms with Crippen molar-refractivity contribution in [2.24, 2.45) is 0 Å². The van der Waals surface area contributed by atoms with Crippen LogP contribution in [0.25, 0.3) is 32.3 Å². The van der Waals surface area contributed by atoms with E-state index in [-0.39, 0.29) is 0 Å². The first kappa shape index (κ1) is 39.3. The molecule has 66 heavy (non-hydrogen) atoms. The van der Waals surface area contributed by atoms with Crippen LogP contribution in [0.4, 0.5) is 34.1 Å². The van der Waals surface area contributed by atoms with Gasteiger partial charge in [-0.05, 0) is 141 Å². The third-order valence-corrected chi connectivity index (χ3v) is 13.5. The summed E-state index contributed by atoms with van der Waals surface area (Å²) in [6.07, 6.45) is 0. The van der Waals surface area contributed by atoms with Crippen LogP contribution in [0.15, 0.2) is 255 Å². The van der Waals surface area contributed by atoms with E-state index in [9.17, 15) is 10.2 Å². The second-order valence-corrected chi connectivity index (χ2v) is 17.2. The second-order valence-electron chi connectivity index (χ2n) is 17.2. The van der Waals surface area contributed by atoms with E-state index in [1.165, 1.54) is 0 Å². The van der Waals surface area contributed by atoms with Gasteiger partial charge in [-0.15, -0.1) is 0 Å². The van der Waals surface area contributed by atoms with Crippen LogP contribution in [0.5, 0.6) is 0 Å². The standard InChI is InChI=1S/C62H44N2O2/c65-61(47-31-35-53(36-32-47)63(49-20-5-1-6-21-49)50-22-7-2-8-23-50)57-39-44-18-13-14-19-45(44)40-58(57)62(66,60-42-56-46(41-59(60)61)30-29-43-17-15-16-28-55(43)56)48-33-37-54(38-34-48)64(51-24-9-3-10-25-51)52-26-11-4-12-27-52/h1-42,65-66H. The fourth-order valence-electron chi connectivity index (χ4n) is 10.3. The van der Waals surface area contributed by atoms with Crippen molar-refractivity contribution in [1.82, 2.24) is 0 Å². The van der Waals surface area contributed by atoms with Crippen LogP contribution >= 0.6 is 0 Å². The number of fused-ring (bicyclic) bond motifs is 6. The number of para-hydroxylation sites is 4. The van der Waals surface area contributed by atoms with Crippen molar-refractivity contribution in [2.45, 2.75) is 11.2 Å². The maximum absolute atomic E-state index is 14.1. The lowest BCUT2D eigenvalue weighted by Crippen LogP contribution is -2.44. The zero-order chi connectivity index (χ0) is 44.2. The summed E-state index contributed by atoms with van der Waals surface area (Å²) < 4.78 is 0. The van der Waals surface area contributed by atoms with Crippen molar-refractivity contribution < 1.29 is 10.2 Å². The number of nitrogens with zero attached hydrogens (tertiary/aromatic N) is 2. The van der Waals surface area contributed by atoms with Gasteiger partial charge in [-0.2, -0.15) is 0 Å². The molecular weight excluding hydrogens is 805 g/mol. The summed E-state index contributed by atoms with van der Waals surface area (Å²) in [6.45, 7) is 0. The van der Waals surface area contributed by atoms with E-state index in [2.05, 4.69) is 155 Å². The molecule has 2 N–H and O–H groups in total. The molecule has 0 radical (unpaired) electrons. The molecule has 0 fully saturated rings. The van der Waals surface area contributed by atoms with Crippen LogP contribution < -0.4 is 9.80 Å². The van der Waals surface area contributed by atoms with E-state index in [1.807, 2.05) is 109 Å². The molecule has 314 valence electrons. The van der Waals surface area contributed by atoms with Gasteiger partial charge in [0.2, 0.25) is 0 Å². The molecule has 0 bridgehead atoms. The molecule has 0 heterocycles. The van der Waals surface area contributed by atoms with E-state index in [4.69, 9.17) is 0 Å². The van der Waals surface area contributed by atoms with Gasteiger partial charge < -0.3 is 20.0 Å². The Kier molecular flexibility index (Phi) is 9.39. The van der Waals surface area contributed by atoms with Crippen LogP contribution in [0.2, 0.25) is 0 Å². The summed E-state index contributed by atoms with van der Waals surface area (Å²) in [4.78, 5) is 4.45. The predicted octanol–water partition coefficient (Wildman–Crippen LogP) is 15.0. The lowest BCUT2D eigenvalue weighted by Gasteiger charge is -2.46. The van der Waals surface area contributed by atoms with Crippen LogP contribution in [0.3, 0.4) is 0 Å². The van der Waals surface area contributed by atoms with Gasteiger partial charge in [-0.1, -0.05) is 158 Å². The molecule has 1 aliphatic rings. The van der Waals surface area contributed by atoms with Gasteiger partial charge in [0.05, 0.1) is 0 Å². The average molecular weight is 849 g/mol. The molecule has 12 rings (SSSR count). The van der Waals surface area contributed by atoms with Gasteiger partial charge in [0.1, 0.15) is 11.2 Å². The highest BCUT2D eigenvalue weighted by atomic mass is 16.3. The maximum atomic E-state index is 14.1. The van der Waals surface area contributed by atoms with Gasteiger partial charge in [0, 0.05) is 56.4 Å². The number of rotatable bonds is 8. The molecule has 4 heteroatoms. The summed E-state index contributed by atoms with van der Waals surface area (Å²) in [5, 5.41) is 34.3. The number of aliphatic hydroxyl groups is 2. The third-order valence-electron chi connectivity index (χ3n) is 13.5. The number of hydrogen-bond acceptors (Lipinski definition) is 4. The van der Waals surface area contributed by atoms with Crippen LogP contribution in [-0.4, -0.2) is 10.2 Å². The van der Waals surface area contributed by atoms with Crippen LogP contribution in [-0.2, 0) is 11.2 Å². The Hall–Kier alpha value is -8.28. The fourth-order valence-corrected chi connectivity index (χ4v) is 10.3. The van der Waals surface area contributed by atoms with Gasteiger partial charge in [0.25, 0.3) is 0 Å². The molecule has 2 unspecified atom stereocenters. The Morgan fingerprint density at radius 3 is 0.955 bits per heavy atom. The highest BCUT2D eigenvalue weighted by Crippen LogP contribution is 2.56. The summed E-state index contributed by atoms with van der Waals surface area (Å²) in [5.74, 6) is 0. The summed E-state index contributed by atoms with van der Waals surface area (Å²) >= 11 is 0. The van der Waals surface area contributed by atoms with Gasteiger partial charge in [-0.25, -0.2) is 0 Å². The van der Waals surface area contributed by atoms with E-state index >= 15 is 0 Å². The molecule has 11 aromatic rings. The average Bonchev–Trinajstić information content (AvgIpc) is 3.39. The van der Waals surface area contributed by atoms with Crippen LogP contribution in [0.1, 0.15) is 33.4 Å². The number of hydrogen-bond donors (Lipinski definition) is 2. The minimum atomic E-state index is -1.67. The Bertz CT molecular complexity index is 3470. The van der Waals surface area contributed by atoms with Crippen molar-refractivity contribution >= 4 is 66.4 Å². The molecule has 0 saturated heterocycles. The highest BCUT2D eigenvalue weighted by molar-refractivity contribution is 6.08. The number of benzene rings is 11. The quantitative estimate of drug-likeness (QED) is 0.150. The van der Waals surface area contributed by atoms with Crippen molar-refractivity contribution in [2.75, 3.05) is 9.80 Å². The molecule has 0 amide bonds. The normalized spacial score (nSPS) is 16.5. The Morgan fingerprint density at radius 2 is 0.545 bits per heavy atom. The lowest BCUT2D eigenvalue weighted by atomic mass is 9.62. The minimum absolute atomic E-state index is 0.630. The maximum Gasteiger partial charge on any atom is 0.141 e. The fraction of sp³-hybridized carbons (Fsp3) is 0.0323. The highest BCUT2D eigenvalue weighted by Gasteiger charge is 2.51. The smallest absolute Gasteiger partial charge is 0.141 e. The molecule has 0 aromatic heterocycles. The molecule has 2 atom stereocenters. The van der Waals surface area contributed by atoms with E-state index in [0.717, 1.165) is 66.4 Å². The molecule has 0 spiro atoms. The topological polar surface area (TPSA) is 46.9 Å². The van der Waals surface area contributed by atoms with E-state index < -0.39 is 11.2 Å².